The minimum absolute atomic E-state index is 0.0539. The zero-order valence-corrected chi connectivity index (χ0v) is 34.4. The molecule has 0 saturated carbocycles. The largest absolute Gasteiger partial charge is 0.472 e. The highest BCUT2D eigenvalue weighted by atomic mass is 31.2. The number of allylic oxidation sites excluding steroid dienone is 4. The molecule has 10 heteroatoms. The fraction of sp³-hybridized carbons (Fsp3) is 0.857. The van der Waals surface area contributed by atoms with Gasteiger partial charge in [-0.15, -0.1) is 0 Å². The molecule has 0 fully saturated rings. The molecule has 0 saturated heterocycles. The number of carbonyl (C=O) groups excluding carboxylic acids is 2. The van der Waals surface area contributed by atoms with Crippen LogP contribution in [0.2, 0.25) is 0 Å². The molecule has 0 spiro atoms. The summed E-state index contributed by atoms with van der Waals surface area (Å²) in [6.45, 7) is 3.71. The topological polar surface area (TPSA) is 134 Å². The van der Waals surface area contributed by atoms with Crippen molar-refractivity contribution in [2.45, 2.75) is 206 Å². The van der Waals surface area contributed by atoms with Crippen LogP contribution in [0.15, 0.2) is 24.3 Å². The van der Waals surface area contributed by atoms with Crippen LogP contribution in [0, 0.1) is 0 Å². The molecule has 0 radical (unpaired) electrons. The van der Waals surface area contributed by atoms with E-state index in [4.69, 9.17) is 24.3 Å². The van der Waals surface area contributed by atoms with Crippen LogP contribution < -0.4 is 5.73 Å². The van der Waals surface area contributed by atoms with Crippen LogP contribution >= 0.6 is 7.82 Å². The van der Waals surface area contributed by atoms with Crippen molar-refractivity contribution in [3.8, 4) is 0 Å². The van der Waals surface area contributed by atoms with Gasteiger partial charge in [-0.05, 0) is 44.9 Å². The zero-order valence-electron chi connectivity index (χ0n) is 33.6. The van der Waals surface area contributed by atoms with Gasteiger partial charge in [0.15, 0.2) is 6.10 Å². The lowest BCUT2D eigenvalue weighted by Gasteiger charge is -2.19. The molecule has 52 heavy (non-hydrogen) atoms. The highest BCUT2D eigenvalue weighted by Gasteiger charge is 2.26. The second-order valence-corrected chi connectivity index (χ2v) is 15.7. The monoisotopic (exact) mass is 758 g/mol. The van der Waals surface area contributed by atoms with E-state index in [9.17, 15) is 19.0 Å². The van der Waals surface area contributed by atoms with E-state index < -0.39 is 26.5 Å². The van der Waals surface area contributed by atoms with Crippen LogP contribution in [-0.2, 0) is 32.7 Å². The molecule has 0 aliphatic carbocycles. The van der Waals surface area contributed by atoms with Crippen molar-refractivity contribution in [2.24, 2.45) is 5.73 Å². The van der Waals surface area contributed by atoms with Gasteiger partial charge in [0.25, 0.3) is 0 Å². The van der Waals surface area contributed by atoms with Gasteiger partial charge in [0.2, 0.25) is 0 Å². The van der Waals surface area contributed by atoms with Crippen molar-refractivity contribution in [1.29, 1.82) is 0 Å². The molecule has 9 nitrogen and oxygen atoms in total. The average molecular weight is 758 g/mol. The average Bonchev–Trinajstić information content (AvgIpc) is 3.13. The van der Waals surface area contributed by atoms with Crippen LogP contribution in [0.5, 0.6) is 0 Å². The van der Waals surface area contributed by atoms with Gasteiger partial charge in [0.1, 0.15) is 6.61 Å². The standard InChI is InChI=1S/C42H80NO8P/c1-3-5-7-9-11-13-15-17-19-20-21-23-24-26-28-30-32-34-41(44)48-38-40(39-50-52(46,47)49-37-36-43)51-42(45)35-33-31-29-27-25-22-18-16-14-12-10-8-6-4-2/h11,13,17,19,40H,3-10,12,14-16,18,20-39,43H2,1-2H3,(H,46,47)/b13-11-,19-17-/t40-/m1/s1. The first-order valence-electron chi connectivity index (χ1n) is 21.3. The first-order valence-corrected chi connectivity index (χ1v) is 22.8. The zero-order chi connectivity index (χ0) is 38.2. The van der Waals surface area contributed by atoms with Crippen molar-refractivity contribution in [3.63, 3.8) is 0 Å². The summed E-state index contributed by atoms with van der Waals surface area (Å²) in [5.74, 6) is -0.831. The first-order chi connectivity index (χ1) is 25.3. The van der Waals surface area contributed by atoms with E-state index in [1.165, 1.54) is 116 Å². The van der Waals surface area contributed by atoms with Gasteiger partial charge in [-0.3, -0.25) is 18.6 Å². The summed E-state index contributed by atoms with van der Waals surface area (Å²) in [6, 6.07) is 0. The van der Waals surface area contributed by atoms with Gasteiger partial charge in [0, 0.05) is 19.4 Å². The highest BCUT2D eigenvalue weighted by molar-refractivity contribution is 7.47. The van der Waals surface area contributed by atoms with Gasteiger partial charge in [-0.2, -0.15) is 0 Å². The van der Waals surface area contributed by atoms with Crippen molar-refractivity contribution < 1.29 is 37.6 Å². The number of ether oxygens (including phenoxy) is 2. The van der Waals surface area contributed by atoms with E-state index in [2.05, 4.69) is 38.2 Å². The van der Waals surface area contributed by atoms with E-state index in [1.54, 1.807) is 0 Å². The number of phosphoric acid groups is 1. The van der Waals surface area contributed by atoms with E-state index in [0.29, 0.717) is 6.42 Å². The lowest BCUT2D eigenvalue weighted by molar-refractivity contribution is -0.161. The Hall–Kier alpha value is -1.51. The summed E-state index contributed by atoms with van der Waals surface area (Å²) in [5.41, 5.74) is 5.34. The minimum Gasteiger partial charge on any atom is -0.462 e. The Morgan fingerprint density at radius 1 is 0.577 bits per heavy atom. The maximum absolute atomic E-state index is 12.6. The summed E-state index contributed by atoms with van der Waals surface area (Å²) >= 11 is 0. The third kappa shape index (κ3) is 38.2. The van der Waals surface area contributed by atoms with Crippen LogP contribution in [0.1, 0.15) is 200 Å². The van der Waals surface area contributed by atoms with E-state index in [1.807, 2.05) is 0 Å². The summed E-state index contributed by atoms with van der Waals surface area (Å²) in [6.07, 6.45) is 40.6. The Morgan fingerprint density at radius 2 is 1.00 bits per heavy atom. The number of hydrogen-bond donors (Lipinski definition) is 2. The lowest BCUT2D eigenvalue weighted by Crippen LogP contribution is -2.29. The molecule has 0 bridgehead atoms. The molecule has 0 amide bonds. The summed E-state index contributed by atoms with van der Waals surface area (Å²) in [7, 11) is -4.37. The molecule has 3 N–H and O–H groups in total. The molecule has 2 atom stereocenters. The van der Waals surface area contributed by atoms with Crippen molar-refractivity contribution in [2.75, 3.05) is 26.4 Å². The number of rotatable bonds is 40. The number of hydrogen-bond acceptors (Lipinski definition) is 8. The maximum Gasteiger partial charge on any atom is 0.472 e. The molecule has 0 rings (SSSR count). The lowest BCUT2D eigenvalue weighted by atomic mass is 10.0. The molecule has 0 heterocycles. The molecule has 0 aromatic carbocycles. The van der Waals surface area contributed by atoms with Crippen LogP contribution in [0.25, 0.3) is 0 Å². The predicted octanol–water partition coefficient (Wildman–Crippen LogP) is 12.0. The minimum atomic E-state index is -4.37. The summed E-state index contributed by atoms with van der Waals surface area (Å²) in [5, 5.41) is 0. The van der Waals surface area contributed by atoms with Gasteiger partial charge in [0.05, 0.1) is 13.2 Å². The Kier molecular flexibility index (Phi) is 38.1. The summed E-state index contributed by atoms with van der Waals surface area (Å²) in [4.78, 5) is 34.8. The SMILES string of the molecule is CCCCC/C=C\C/C=C\CCCCCCCCCC(=O)OC[C@H](COP(=O)(O)OCCN)OC(=O)CCCCCCCCCCCCCCCC. The van der Waals surface area contributed by atoms with Crippen LogP contribution in [0.4, 0.5) is 0 Å². The van der Waals surface area contributed by atoms with Crippen molar-refractivity contribution in [1.82, 2.24) is 0 Å². The van der Waals surface area contributed by atoms with Crippen molar-refractivity contribution in [3.05, 3.63) is 24.3 Å². The third-order valence-corrected chi connectivity index (χ3v) is 10.1. The number of carbonyl (C=O) groups is 2. The molecule has 1 unspecified atom stereocenters. The molecule has 0 aromatic heterocycles. The Balaban J connectivity index is 4.15. The number of unbranched alkanes of at least 4 members (excludes halogenated alkanes) is 23. The number of phosphoric ester groups is 1. The predicted molar refractivity (Wildman–Crippen MR) is 215 cm³/mol. The molecular formula is C42H80NO8P. The van der Waals surface area contributed by atoms with Gasteiger partial charge >= 0.3 is 19.8 Å². The quantitative estimate of drug-likeness (QED) is 0.0271. The fourth-order valence-electron chi connectivity index (χ4n) is 5.90. The Labute approximate surface area is 319 Å². The van der Waals surface area contributed by atoms with Crippen LogP contribution in [0.3, 0.4) is 0 Å². The normalized spacial score (nSPS) is 13.5. The molecular weight excluding hydrogens is 677 g/mol. The first kappa shape index (κ1) is 50.5. The second-order valence-electron chi connectivity index (χ2n) is 14.2. The molecule has 0 aromatic rings. The van der Waals surface area contributed by atoms with Gasteiger partial charge in [-0.25, -0.2) is 4.57 Å². The highest BCUT2D eigenvalue weighted by Crippen LogP contribution is 2.43. The van der Waals surface area contributed by atoms with Crippen LogP contribution in [-0.4, -0.2) is 49.3 Å². The molecule has 0 aliphatic heterocycles. The number of esters is 2. The Bertz CT molecular complexity index is 912. The van der Waals surface area contributed by atoms with E-state index in [0.717, 1.165) is 51.4 Å². The van der Waals surface area contributed by atoms with Gasteiger partial charge < -0.3 is 20.1 Å². The summed E-state index contributed by atoms with van der Waals surface area (Å²) < 4.78 is 32.7. The van der Waals surface area contributed by atoms with E-state index >= 15 is 0 Å². The third-order valence-electron chi connectivity index (χ3n) is 9.09. The Morgan fingerprint density at radius 3 is 1.50 bits per heavy atom. The van der Waals surface area contributed by atoms with E-state index in [-0.39, 0.29) is 38.6 Å². The fourth-order valence-corrected chi connectivity index (χ4v) is 6.67. The molecule has 0 aliphatic rings. The maximum atomic E-state index is 12.6. The number of nitrogens with two attached hydrogens (primary N) is 1. The smallest absolute Gasteiger partial charge is 0.462 e. The van der Waals surface area contributed by atoms with Crippen molar-refractivity contribution >= 4 is 19.8 Å². The second kappa shape index (κ2) is 39.2. The molecule has 306 valence electrons. The van der Waals surface area contributed by atoms with Gasteiger partial charge in [-0.1, -0.05) is 167 Å².